The van der Waals surface area contributed by atoms with Crippen LogP contribution in [0.15, 0.2) is 65.1 Å². The van der Waals surface area contributed by atoms with Crippen molar-refractivity contribution in [3.63, 3.8) is 0 Å². The Bertz CT molecular complexity index is 1260. The van der Waals surface area contributed by atoms with E-state index in [1.807, 2.05) is 62.4 Å². The molecule has 0 atom stereocenters. The number of amides is 1. The lowest BCUT2D eigenvalue weighted by atomic mass is 10.1. The molecule has 31 heavy (non-hydrogen) atoms. The van der Waals surface area contributed by atoms with Crippen LogP contribution >= 0.6 is 12.2 Å². The Hall–Kier alpha value is -3.71. The van der Waals surface area contributed by atoms with Gasteiger partial charge in [0.1, 0.15) is 11.3 Å². The zero-order valence-corrected chi connectivity index (χ0v) is 18.2. The normalized spacial score (nSPS) is 10.7. The van der Waals surface area contributed by atoms with Gasteiger partial charge >= 0.3 is 0 Å². The molecule has 1 aromatic heterocycles. The number of para-hydroxylation sites is 2. The van der Waals surface area contributed by atoms with Crippen LogP contribution in [-0.4, -0.2) is 23.1 Å². The molecule has 156 valence electrons. The maximum absolute atomic E-state index is 12.6. The highest BCUT2D eigenvalue weighted by Gasteiger charge is 2.15. The Morgan fingerprint density at radius 3 is 2.61 bits per heavy atom. The fourth-order valence-corrected chi connectivity index (χ4v) is 3.53. The smallest absolute Gasteiger partial charge is 0.257 e. The van der Waals surface area contributed by atoms with Crippen molar-refractivity contribution in [1.82, 2.24) is 10.3 Å². The van der Waals surface area contributed by atoms with Crippen LogP contribution in [-0.2, 0) is 0 Å². The van der Waals surface area contributed by atoms with Crippen molar-refractivity contribution < 1.29 is 13.9 Å². The molecule has 6 nitrogen and oxygen atoms in total. The minimum Gasteiger partial charge on any atom is -0.495 e. The molecule has 1 heterocycles. The Morgan fingerprint density at radius 1 is 1.06 bits per heavy atom. The predicted molar refractivity (Wildman–Crippen MR) is 126 cm³/mol. The molecule has 0 aliphatic rings. The van der Waals surface area contributed by atoms with Crippen LogP contribution < -0.4 is 15.4 Å². The van der Waals surface area contributed by atoms with Gasteiger partial charge in [-0.3, -0.25) is 10.1 Å². The number of oxazole rings is 1. The van der Waals surface area contributed by atoms with Crippen LogP contribution in [0.1, 0.15) is 21.5 Å². The zero-order valence-electron chi connectivity index (χ0n) is 17.4. The number of methoxy groups -OCH3 is 1. The first-order valence-electron chi connectivity index (χ1n) is 9.68. The van der Waals surface area contributed by atoms with E-state index >= 15 is 0 Å². The lowest BCUT2D eigenvalue weighted by molar-refractivity contribution is 0.0977. The summed E-state index contributed by atoms with van der Waals surface area (Å²) in [6.07, 6.45) is 0. The van der Waals surface area contributed by atoms with Crippen LogP contribution in [0, 0.1) is 13.8 Å². The van der Waals surface area contributed by atoms with Gasteiger partial charge in [-0.2, -0.15) is 0 Å². The molecule has 0 spiro atoms. The van der Waals surface area contributed by atoms with E-state index in [4.69, 9.17) is 21.4 Å². The first kappa shape index (κ1) is 20.6. The van der Waals surface area contributed by atoms with Gasteiger partial charge in [-0.15, -0.1) is 0 Å². The van der Waals surface area contributed by atoms with E-state index in [2.05, 4.69) is 15.6 Å². The number of thiocarbonyl (C=S) groups is 1. The second kappa shape index (κ2) is 8.57. The Kier molecular flexibility index (Phi) is 5.68. The Morgan fingerprint density at radius 2 is 1.87 bits per heavy atom. The molecule has 0 fully saturated rings. The summed E-state index contributed by atoms with van der Waals surface area (Å²) in [5.74, 6) is 0.782. The van der Waals surface area contributed by atoms with Crippen LogP contribution in [0.3, 0.4) is 0 Å². The molecule has 1 amide bonds. The third-order valence-corrected chi connectivity index (χ3v) is 5.05. The number of carbonyl (C=O) groups is 1. The lowest BCUT2D eigenvalue weighted by Crippen LogP contribution is -2.34. The van der Waals surface area contributed by atoms with Gasteiger partial charge in [-0.05, 0) is 68.0 Å². The number of aryl methyl sites for hydroxylation is 2. The van der Waals surface area contributed by atoms with Crippen LogP contribution in [0.25, 0.3) is 22.6 Å². The number of hydrogen-bond acceptors (Lipinski definition) is 5. The highest BCUT2D eigenvalue weighted by molar-refractivity contribution is 7.80. The summed E-state index contributed by atoms with van der Waals surface area (Å²) in [5, 5.41) is 5.93. The monoisotopic (exact) mass is 431 g/mol. The molecular formula is C24H21N3O3S. The topological polar surface area (TPSA) is 76.4 Å². The van der Waals surface area contributed by atoms with E-state index in [0.29, 0.717) is 28.5 Å². The lowest BCUT2D eigenvalue weighted by Gasteiger charge is -2.14. The molecular weight excluding hydrogens is 410 g/mol. The van der Waals surface area contributed by atoms with Gasteiger partial charge in [-0.1, -0.05) is 29.8 Å². The molecule has 0 radical (unpaired) electrons. The zero-order chi connectivity index (χ0) is 22.0. The van der Waals surface area contributed by atoms with Gasteiger partial charge in [0.25, 0.3) is 5.91 Å². The Labute approximate surface area is 185 Å². The van der Waals surface area contributed by atoms with Crippen LogP contribution in [0.4, 0.5) is 5.69 Å². The predicted octanol–water partition coefficient (Wildman–Crippen LogP) is 5.25. The molecule has 3 aromatic carbocycles. The van der Waals surface area contributed by atoms with Crippen molar-refractivity contribution in [2.24, 2.45) is 0 Å². The van der Waals surface area contributed by atoms with Crippen molar-refractivity contribution in [2.75, 3.05) is 12.4 Å². The fraction of sp³-hybridized carbons (Fsp3) is 0.125. The largest absolute Gasteiger partial charge is 0.495 e. The summed E-state index contributed by atoms with van der Waals surface area (Å²) in [4.78, 5) is 17.2. The van der Waals surface area contributed by atoms with Gasteiger partial charge in [0.15, 0.2) is 10.7 Å². The minimum absolute atomic E-state index is 0.165. The van der Waals surface area contributed by atoms with E-state index in [1.54, 1.807) is 19.2 Å². The van der Waals surface area contributed by atoms with E-state index < -0.39 is 0 Å². The second-order valence-electron chi connectivity index (χ2n) is 7.13. The van der Waals surface area contributed by atoms with Gasteiger partial charge in [0.05, 0.1) is 12.8 Å². The molecule has 4 aromatic rings. The van der Waals surface area contributed by atoms with Gasteiger partial charge in [0, 0.05) is 11.1 Å². The molecule has 7 heteroatoms. The molecule has 2 N–H and O–H groups in total. The van der Waals surface area contributed by atoms with E-state index in [-0.39, 0.29) is 11.0 Å². The number of nitrogens with zero attached hydrogens (tertiary/aromatic N) is 1. The number of fused-ring (bicyclic) bond motifs is 1. The highest BCUT2D eigenvalue weighted by atomic mass is 32.1. The second-order valence-corrected chi connectivity index (χ2v) is 7.54. The first-order chi connectivity index (χ1) is 14.9. The number of nitrogens with one attached hydrogen (secondary N) is 2. The van der Waals surface area contributed by atoms with Crippen LogP contribution in [0.2, 0.25) is 0 Å². The first-order valence-corrected chi connectivity index (χ1v) is 10.1. The van der Waals surface area contributed by atoms with Crippen molar-refractivity contribution in [1.29, 1.82) is 0 Å². The van der Waals surface area contributed by atoms with Crippen LogP contribution in [0.5, 0.6) is 5.75 Å². The minimum atomic E-state index is -0.274. The summed E-state index contributed by atoms with van der Waals surface area (Å²) >= 11 is 5.36. The number of anilines is 1. The molecule has 0 unspecified atom stereocenters. The summed E-state index contributed by atoms with van der Waals surface area (Å²) in [6.45, 7) is 3.88. The molecule has 0 saturated heterocycles. The van der Waals surface area contributed by atoms with Gasteiger partial charge in [0.2, 0.25) is 5.89 Å². The van der Waals surface area contributed by atoms with E-state index in [0.717, 1.165) is 22.2 Å². The summed E-state index contributed by atoms with van der Waals surface area (Å²) in [7, 11) is 1.57. The summed E-state index contributed by atoms with van der Waals surface area (Å²) in [5.41, 5.74) is 5.38. The molecule has 0 saturated carbocycles. The average Bonchev–Trinajstić information content (AvgIpc) is 3.17. The van der Waals surface area contributed by atoms with Gasteiger partial charge < -0.3 is 14.5 Å². The third kappa shape index (κ3) is 4.41. The summed E-state index contributed by atoms with van der Waals surface area (Å²) in [6, 6.07) is 18.7. The molecule has 4 rings (SSSR count). The number of aromatic nitrogens is 1. The highest BCUT2D eigenvalue weighted by Crippen LogP contribution is 2.31. The summed E-state index contributed by atoms with van der Waals surface area (Å²) < 4.78 is 11.3. The SMILES string of the molecule is COc1ccc(-c2nc3ccccc3o2)cc1NC(=S)NC(=O)c1ccc(C)cc1C. The third-order valence-electron chi connectivity index (χ3n) is 4.84. The quantitative estimate of drug-likeness (QED) is 0.430. The van der Waals surface area contributed by atoms with E-state index in [1.165, 1.54) is 0 Å². The standard InChI is InChI=1S/C24H21N3O3S/c1-14-8-10-17(15(2)12-14)22(28)27-24(31)26-19-13-16(9-11-20(19)29-3)23-25-18-6-4-5-7-21(18)30-23/h4-13H,1-3H3,(H2,26,27,28,31). The Balaban J connectivity index is 1.56. The maximum atomic E-state index is 12.6. The number of benzene rings is 3. The van der Waals surface area contributed by atoms with Crippen molar-refractivity contribution in [3.05, 3.63) is 77.4 Å². The maximum Gasteiger partial charge on any atom is 0.257 e. The van der Waals surface area contributed by atoms with Crippen molar-refractivity contribution >= 4 is 40.0 Å². The molecule has 0 aliphatic carbocycles. The number of carbonyl (C=O) groups excluding carboxylic acids is 1. The number of hydrogen-bond donors (Lipinski definition) is 2. The number of ether oxygens (including phenoxy) is 1. The molecule has 0 bridgehead atoms. The van der Waals surface area contributed by atoms with Crippen molar-refractivity contribution in [2.45, 2.75) is 13.8 Å². The fourth-order valence-electron chi connectivity index (χ4n) is 3.33. The van der Waals surface area contributed by atoms with E-state index in [9.17, 15) is 4.79 Å². The van der Waals surface area contributed by atoms with Gasteiger partial charge in [-0.25, -0.2) is 4.98 Å². The van der Waals surface area contributed by atoms with Crippen molar-refractivity contribution in [3.8, 4) is 17.2 Å². The average molecular weight is 432 g/mol. The number of rotatable bonds is 4. The molecule has 0 aliphatic heterocycles.